The SMILES string of the molecule is CC=C1CC12OCC(C)(C)CO2. The van der Waals surface area contributed by atoms with Gasteiger partial charge < -0.3 is 9.47 Å². The van der Waals surface area contributed by atoms with Crippen molar-refractivity contribution in [2.24, 2.45) is 5.41 Å². The van der Waals surface area contributed by atoms with Gasteiger partial charge in [0, 0.05) is 11.8 Å². The molecule has 2 fully saturated rings. The Morgan fingerprint density at radius 1 is 1.25 bits per heavy atom. The van der Waals surface area contributed by atoms with E-state index >= 15 is 0 Å². The molecule has 1 aliphatic carbocycles. The van der Waals surface area contributed by atoms with Crippen LogP contribution < -0.4 is 0 Å². The maximum absolute atomic E-state index is 5.70. The topological polar surface area (TPSA) is 18.5 Å². The third-order valence-corrected chi connectivity index (χ3v) is 2.53. The molecule has 68 valence electrons. The van der Waals surface area contributed by atoms with Gasteiger partial charge >= 0.3 is 0 Å². The molecule has 0 N–H and O–H groups in total. The van der Waals surface area contributed by atoms with Crippen LogP contribution in [0.1, 0.15) is 27.2 Å². The molecule has 1 spiro atoms. The molecule has 2 nitrogen and oxygen atoms in total. The normalized spacial score (nSPS) is 34.1. The largest absolute Gasteiger partial charge is 0.345 e. The Bertz CT molecular complexity index is 218. The van der Waals surface area contributed by atoms with E-state index in [-0.39, 0.29) is 11.2 Å². The summed E-state index contributed by atoms with van der Waals surface area (Å²) in [4.78, 5) is 0. The number of hydrogen-bond donors (Lipinski definition) is 0. The highest BCUT2D eigenvalue weighted by Crippen LogP contribution is 2.50. The Kier molecular flexibility index (Phi) is 1.61. The van der Waals surface area contributed by atoms with Gasteiger partial charge in [-0.1, -0.05) is 19.9 Å². The predicted octanol–water partition coefficient (Wildman–Crippen LogP) is 2.11. The monoisotopic (exact) mass is 168 g/mol. The minimum absolute atomic E-state index is 0.187. The van der Waals surface area contributed by atoms with E-state index < -0.39 is 0 Å². The van der Waals surface area contributed by atoms with Gasteiger partial charge in [-0.15, -0.1) is 0 Å². The molecule has 0 aromatic heterocycles. The molecule has 0 bridgehead atoms. The van der Waals surface area contributed by atoms with Gasteiger partial charge in [0.2, 0.25) is 0 Å². The lowest BCUT2D eigenvalue weighted by atomic mass is 9.95. The molecule has 0 atom stereocenters. The van der Waals surface area contributed by atoms with Crippen LogP contribution in [-0.2, 0) is 9.47 Å². The Labute approximate surface area is 73.5 Å². The van der Waals surface area contributed by atoms with Gasteiger partial charge in [0.25, 0.3) is 0 Å². The van der Waals surface area contributed by atoms with Crippen LogP contribution in [0, 0.1) is 5.41 Å². The third kappa shape index (κ3) is 1.19. The fraction of sp³-hybridized carbons (Fsp3) is 0.800. The standard InChI is InChI=1S/C10H16O2/c1-4-8-5-10(8)11-6-9(2,3)7-12-10/h4H,5-7H2,1-3H3. The fourth-order valence-corrected chi connectivity index (χ4v) is 1.52. The molecule has 2 rings (SSSR count). The number of hydrogen-bond acceptors (Lipinski definition) is 2. The van der Waals surface area contributed by atoms with Gasteiger partial charge in [-0.3, -0.25) is 0 Å². The molecular weight excluding hydrogens is 152 g/mol. The lowest BCUT2D eigenvalue weighted by molar-refractivity contribution is -0.233. The molecule has 0 unspecified atom stereocenters. The van der Waals surface area contributed by atoms with Crippen molar-refractivity contribution in [3.05, 3.63) is 11.6 Å². The van der Waals surface area contributed by atoms with E-state index in [1.165, 1.54) is 5.57 Å². The van der Waals surface area contributed by atoms with Crippen LogP contribution in [0.25, 0.3) is 0 Å². The second kappa shape index (κ2) is 2.33. The summed E-state index contributed by atoms with van der Waals surface area (Å²) in [6, 6.07) is 0. The van der Waals surface area contributed by atoms with Crippen LogP contribution in [0.2, 0.25) is 0 Å². The molecular formula is C10H16O2. The van der Waals surface area contributed by atoms with Crippen LogP contribution >= 0.6 is 0 Å². The molecule has 0 aromatic rings. The summed E-state index contributed by atoms with van der Waals surface area (Å²) >= 11 is 0. The van der Waals surface area contributed by atoms with Crippen LogP contribution in [0.15, 0.2) is 11.6 Å². The average Bonchev–Trinajstić information content (AvgIpc) is 2.72. The Hall–Kier alpha value is -0.340. The van der Waals surface area contributed by atoms with E-state index in [0.29, 0.717) is 0 Å². The molecule has 12 heavy (non-hydrogen) atoms. The van der Waals surface area contributed by atoms with Crippen molar-refractivity contribution in [2.75, 3.05) is 13.2 Å². The van der Waals surface area contributed by atoms with Gasteiger partial charge in [-0.2, -0.15) is 0 Å². The summed E-state index contributed by atoms with van der Waals surface area (Å²) in [6.45, 7) is 7.99. The zero-order valence-corrected chi connectivity index (χ0v) is 8.02. The molecule has 1 saturated carbocycles. The first-order chi connectivity index (χ1) is 5.58. The van der Waals surface area contributed by atoms with E-state index in [4.69, 9.17) is 9.47 Å². The third-order valence-electron chi connectivity index (χ3n) is 2.53. The van der Waals surface area contributed by atoms with Crippen molar-refractivity contribution in [3.63, 3.8) is 0 Å². The first-order valence-corrected chi connectivity index (χ1v) is 4.52. The molecule has 2 heteroatoms. The van der Waals surface area contributed by atoms with Crippen LogP contribution in [0.5, 0.6) is 0 Å². The zero-order chi connectivity index (χ0) is 8.82. The molecule has 2 aliphatic rings. The van der Waals surface area contributed by atoms with Gasteiger partial charge in [-0.05, 0) is 12.5 Å². The summed E-state index contributed by atoms with van der Waals surface area (Å²) < 4.78 is 11.4. The van der Waals surface area contributed by atoms with Crippen molar-refractivity contribution in [2.45, 2.75) is 33.0 Å². The van der Waals surface area contributed by atoms with Gasteiger partial charge in [0.1, 0.15) is 0 Å². The van der Waals surface area contributed by atoms with Crippen molar-refractivity contribution < 1.29 is 9.47 Å². The molecule has 0 amide bonds. The second-order valence-corrected chi connectivity index (χ2v) is 4.49. The quantitative estimate of drug-likeness (QED) is 0.516. The fourth-order valence-electron chi connectivity index (χ4n) is 1.52. The molecule has 0 aromatic carbocycles. The van der Waals surface area contributed by atoms with E-state index in [2.05, 4.69) is 19.9 Å². The highest BCUT2D eigenvalue weighted by Gasteiger charge is 2.55. The highest BCUT2D eigenvalue weighted by molar-refractivity contribution is 5.32. The van der Waals surface area contributed by atoms with Crippen LogP contribution in [0.4, 0.5) is 0 Å². The van der Waals surface area contributed by atoms with E-state index in [0.717, 1.165) is 19.6 Å². The first kappa shape index (κ1) is 8.27. The molecule has 1 heterocycles. The average molecular weight is 168 g/mol. The van der Waals surface area contributed by atoms with Gasteiger partial charge in [0.15, 0.2) is 5.79 Å². The summed E-state index contributed by atoms with van der Waals surface area (Å²) in [7, 11) is 0. The second-order valence-electron chi connectivity index (χ2n) is 4.49. The maximum Gasteiger partial charge on any atom is 0.194 e. The van der Waals surface area contributed by atoms with Gasteiger partial charge in [-0.25, -0.2) is 0 Å². The summed E-state index contributed by atoms with van der Waals surface area (Å²) in [6.07, 6.45) is 3.07. The minimum Gasteiger partial charge on any atom is -0.345 e. The summed E-state index contributed by atoms with van der Waals surface area (Å²) in [5.74, 6) is -0.287. The highest BCUT2D eigenvalue weighted by atomic mass is 16.7. The lowest BCUT2D eigenvalue weighted by Gasteiger charge is -2.34. The van der Waals surface area contributed by atoms with Crippen molar-refractivity contribution >= 4 is 0 Å². The number of allylic oxidation sites excluding steroid dienone is 1. The van der Waals surface area contributed by atoms with Crippen molar-refractivity contribution in [1.82, 2.24) is 0 Å². The predicted molar refractivity (Wildman–Crippen MR) is 46.8 cm³/mol. The van der Waals surface area contributed by atoms with E-state index in [1.54, 1.807) is 0 Å². The van der Waals surface area contributed by atoms with E-state index in [1.807, 2.05) is 6.92 Å². The van der Waals surface area contributed by atoms with Gasteiger partial charge in [0.05, 0.1) is 13.2 Å². The maximum atomic E-state index is 5.70. The van der Waals surface area contributed by atoms with Crippen molar-refractivity contribution in [1.29, 1.82) is 0 Å². The lowest BCUT2D eigenvalue weighted by Crippen LogP contribution is -2.39. The Morgan fingerprint density at radius 2 is 1.83 bits per heavy atom. The summed E-state index contributed by atoms with van der Waals surface area (Å²) in [5.41, 5.74) is 1.49. The Balaban J connectivity index is 2.01. The molecule has 0 radical (unpaired) electrons. The molecule has 1 aliphatic heterocycles. The van der Waals surface area contributed by atoms with Crippen LogP contribution in [0.3, 0.4) is 0 Å². The smallest absolute Gasteiger partial charge is 0.194 e. The zero-order valence-electron chi connectivity index (χ0n) is 8.02. The van der Waals surface area contributed by atoms with E-state index in [9.17, 15) is 0 Å². The summed E-state index contributed by atoms with van der Waals surface area (Å²) in [5, 5.41) is 0. The minimum atomic E-state index is -0.287. The van der Waals surface area contributed by atoms with Crippen molar-refractivity contribution in [3.8, 4) is 0 Å². The number of rotatable bonds is 0. The molecule has 1 saturated heterocycles. The Morgan fingerprint density at radius 3 is 2.25 bits per heavy atom. The number of ether oxygens (including phenoxy) is 2. The first-order valence-electron chi connectivity index (χ1n) is 4.52. The van der Waals surface area contributed by atoms with Crippen LogP contribution in [-0.4, -0.2) is 19.0 Å².